The molecule has 3 aliphatic rings. The van der Waals surface area contributed by atoms with E-state index in [0.29, 0.717) is 5.70 Å². The van der Waals surface area contributed by atoms with Crippen molar-refractivity contribution in [3.05, 3.63) is 47.2 Å². The normalized spacial score (nSPS) is 27.7. The van der Waals surface area contributed by atoms with Crippen LogP contribution in [0.15, 0.2) is 41.6 Å². The highest BCUT2D eigenvalue weighted by Crippen LogP contribution is 2.53. The predicted octanol–water partition coefficient (Wildman–Crippen LogP) is 4.62. The van der Waals surface area contributed by atoms with Gasteiger partial charge in [-0.15, -0.1) is 0 Å². The molecule has 2 heterocycles. The summed E-state index contributed by atoms with van der Waals surface area (Å²) in [5, 5.41) is 3.46. The number of esters is 1. The Hall–Kier alpha value is -1.96. The number of likely N-dealkylation sites (N-methyl/N-ethyl adjacent to an activating group) is 1. The summed E-state index contributed by atoms with van der Waals surface area (Å²) in [4.78, 5) is 28.7. The van der Waals surface area contributed by atoms with Crippen molar-refractivity contribution in [3.8, 4) is 0 Å². The van der Waals surface area contributed by atoms with Crippen LogP contribution in [-0.2, 0) is 25.4 Å². The largest absolute Gasteiger partial charge is 0.456 e. The maximum atomic E-state index is 13.5. The number of nitrogens with zero attached hydrogens (tertiary/aromatic N) is 1. The van der Waals surface area contributed by atoms with Gasteiger partial charge < -0.3 is 19.4 Å². The molecule has 1 aromatic carbocycles. The molecule has 1 amide bonds. The van der Waals surface area contributed by atoms with Crippen LogP contribution in [0.5, 0.6) is 0 Å². The molecule has 2 fully saturated rings. The molecule has 5 atom stereocenters. The summed E-state index contributed by atoms with van der Waals surface area (Å²) >= 11 is 0. The third kappa shape index (κ3) is 4.27. The number of β-lactam (4-membered cyclic amide) rings is 1. The van der Waals surface area contributed by atoms with E-state index in [1.165, 1.54) is 0 Å². The average Bonchev–Trinajstić information content (AvgIpc) is 3.07. The average molecular weight is 485 g/mol. The van der Waals surface area contributed by atoms with Gasteiger partial charge in [-0.1, -0.05) is 57.5 Å². The Balaban J connectivity index is 1.59. The first-order valence-corrected chi connectivity index (χ1v) is 15.5. The lowest BCUT2D eigenvalue weighted by molar-refractivity contribution is -0.164. The zero-order valence-corrected chi connectivity index (χ0v) is 22.7. The van der Waals surface area contributed by atoms with Crippen LogP contribution in [0.4, 0.5) is 0 Å². The summed E-state index contributed by atoms with van der Waals surface area (Å²) in [6.45, 7) is 13.4. The number of ether oxygens (including phenoxy) is 1. The van der Waals surface area contributed by atoms with Crippen molar-refractivity contribution in [2.24, 2.45) is 11.8 Å². The van der Waals surface area contributed by atoms with E-state index in [1.807, 2.05) is 44.3 Å². The first-order valence-electron chi connectivity index (χ1n) is 12.6. The number of carbonyl (C=O) groups is 2. The number of nitrogens with one attached hydrogen (secondary N) is 1. The van der Waals surface area contributed by atoms with Gasteiger partial charge in [-0.05, 0) is 56.1 Å². The van der Waals surface area contributed by atoms with E-state index < -0.39 is 14.3 Å². The molecule has 34 heavy (non-hydrogen) atoms. The Bertz CT molecular complexity index is 969. The van der Waals surface area contributed by atoms with Gasteiger partial charge in [0.05, 0.1) is 18.1 Å². The lowest BCUT2D eigenvalue weighted by Gasteiger charge is -2.51. The number of hydrogen-bond donors (Lipinski definition) is 1. The molecule has 6 nitrogen and oxygen atoms in total. The van der Waals surface area contributed by atoms with Gasteiger partial charge in [-0.25, -0.2) is 4.79 Å². The minimum atomic E-state index is -2.03. The second kappa shape index (κ2) is 9.24. The van der Waals surface area contributed by atoms with Gasteiger partial charge in [0.1, 0.15) is 12.3 Å². The molecule has 0 bridgehead atoms. The highest BCUT2D eigenvalue weighted by molar-refractivity contribution is 6.74. The first-order chi connectivity index (χ1) is 16.0. The molecule has 1 saturated carbocycles. The zero-order valence-electron chi connectivity index (χ0n) is 21.7. The molecule has 0 aromatic heterocycles. The van der Waals surface area contributed by atoms with Crippen LogP contribution < -0.4 is 5.32 Å². The van der Waals surface area contributed by atoms with Gasteiger partial charge in [0, 0.05) is 12.0 Å². The number of fused-ring (bicyclic) bond motifs is 3. The lowest BCUT2D eigenvalue weighted by atomic mass is 9.71. The third-order valence-corrected chi connectivity index (χ3v) is 13.0. The maximum absolute atomic E-state index is 13.5. The smallest absolute Gasteiger partial charge is 0.355 e. The first kappa shape index (κ1) is 25.1. The van der Waals surface area contributed by atoms with Crippen molar-refractivity contribution < 1.29 is 18.8 Å². The van der Waals surface area contributed by atoms with E-state index in [4.69, 9.17) is 9.16 Å². The van der Waals surface area contributed by atoms with Crippen LogP contribution in [0.1, 0.15) is 52.5 Å². The van der Waals surface area contributed by atoms with Gasteiger partial charge in [-0.2, -0.15) is 0 Å². The lowest BCUT2D eigenvalue weighted by Crippen LogP contribution is -2.65. The van der Waals surface area contributed by atoms with E-state index in [-0.39, 0.29) is 47.6 Å². The van der Waals surface area contributed by atoms with Crippen molar-refractivity contribution in [2.75, 3.05) is 7.05 Å². The molecule has 1 unspecified atom stereocenters. The molecular weight excluding hydrogens is 444 g/mol. The molecule has 1 aliphatic carbocycles. The van der Waals surface area contributed by atoms with Crippen LogP contribution in [-0.4, -0.2) is 50.3 Å². The molecule has 1 saturated heterocycles. The number of hydrogen-bond acceptors (Lipinski definition) is 5. The van der Waals surface area contributed by atoms with Crippen LogP contribution >= 0.6 is 0 Å². The Labute approximate surface area is 205 Å². The predicted molar refractivity (Wildman–Crippen MR) is 135 cm³/mol. The number of carbonyl (C=O) groups excluding carboxylic acids is 2. The summed E-state index contributed by atoms with van der Waals surface area (Å²) in [6.07, 6.45) is 2.86. The van der Waals surface area contributed by atoms with E-state index in [0.717, 1.165) is 30.4 Å². The number of benzene rings is 1. The highest BCUT2D eigenvalue weighted by atomic mass is 28.4. The van der Waals surface area contributed by atoms with Crippen LogP contribution in [0.25, 0.3) is 0 Å². The molecule has 2 aliphatic heterocycles. The third-order valence-electron chi connectivity index (χ3n) is 8.45. The Morgan fingerprint density at radius 3 is 2.50 bits per heavy atom. The van der Waals surface area contributed by atoms with Crippen molar-refractivity contribution in [1.82, 2.24) is 10.2 Å². The van der Waals surface area contributed by atoms with E-state index in [2.05, 4.69) is 39.2 Å². The SMILES string of the molecule is CN[C@H]1CCC[C@H]2C1=C(C(=O)OCc1ccccc1)N1C(=O)[C@H](C(C)O[Si](C)(C)C(C)(C)C)[C@@H]21. The number of amides is 1. The maximum Gasteiger partial charge on any atom is 0.355 e. The molecule has 4 rings (SSSR count). The standard InChI is InChI=1S/C27H40N2O4Si/c1-17(33-34(6,7)27(2,3)4)21-23-19-14-11-15-20(28-5)22(19)24(29(23)25(21)30)26(31)32-16-18-12-9-8-10-13-18/h8-10,12-13,17,19-21,23,28H,11,14-16H2,1-7H3/t17?,19-,20-,21+,23+/m0/s1. The van der Waals surface area contributed by atoms with Crippen molar-refractivity contribution in [2.45, 2.75) is 89.9 Å². The van der Waals surface area contributed by atoms with E-state index in [1.54, 1.807) is 4.90 Å². The van der Waals surface area contributed by atoms with Crippen LogP contribution in [0.3, 0.4) is 0 Å². The van der Waals surface area contributed by atoms with Crippen LogP contribution in [0.2, 0.25) is 18.1 Å². The molecule has 1 N–H and O–H groups in total. The van der Waals surface area contributed by atoms with Crippen molar-refractivity contribution in [3.63, 3.8) is 0 Å². The second-order valence-electron chi connectivity index (χ2n) is 11.6. The fraction of sp³-hybridized carbons (Fsp3) is 0.630. The molecule has 1 aromatic rings. The summed E-state index contributed by atoms with van der Waals surface area (Å²) in [5.74, 6) is -0.430. The Kier molecular flexibility index (Phi) is 6.84. The summed E-state index contributed by atoms with van der Waals surface area (Å²) < 4.78 is 12.4. The van der Waals surface area contributed by atoms with Crippen molar-refractivity contribution >= 4 is 20.2 Å². The fourth-order valence-electron chi connectivity index (χ4n) is 5.67. The zero-order chi connectivity index (χ0) is 24.8. The molecule has 186 valence electrons. The molecule has 0 radical (unpaired) electrons. The van der Waals surface area contributed by atoms with E-state index in [9.17, 15) is 9.59 Å². The van der Waals surface area contributed by atoms with E-state index >= 15 is 0 Å². The molecular formula is C27H40N2O4Si. The summed E-state index contributed by atoms with van der Waals surface area (Å²) in [6, 6.07) is 9.75. The van der Waals surface area contributed by atoms with Crippen molar-refractivity contribution in [1.29, 1.82) is 0 Å². The van der Waals surface area contributed by atoms with Gasteiger partial charge in [0.25, 0.3) is 0 Å². The number of rotatable bonds is 7. The van der Waals surface area contributed by atoms with Crippen LogP contribution in [0, 0.1) is 11.8 Å². The van der Waals surface area contributed by atoms with Gasteiger partial charge >= 0.3 is 5.97 Å². The highest BCUT2D eigenvalue weighted by Gasteiger charge is 2.63. The van der Waals surface area contributed by atoms with Gasteiger partial charge in [-0.3, -0.25) is 4.79 Å². The Morgan fingerprint density at radius 1 is 1.21 bits per heavy atom. The minimum Gasteiger partial charge on any atom is -0.456 e. The summed E-state index contributed by atoms with van der Waals surface area (Å²) in [7, 11) is -0.0924. The monoisotopic (exact) mass is 484 g/mol. The quantitative estimate of drug-likeness (QED) is 0.347. The topological polar surface area (TPSA) is 67.9 Å². The molecule has 7 heteroatoms. The van der Waals surface area contributed by atoms with Gasteiger partial charge in [0.2, 0.25) is 5.91 Å². The summed E-state index contributed by atoms with van der Waals surface area (Å²) in [5.41, 5.74) is 2.48. The molecule has 0 spiro atoms. The Morgan fingerprint density at radius 2 is 1.88 bits per heavy atom. The second-order valence-corrected chi connectivity index (χ2v) is 16.3. The minimum absolute atomic E-state index is 0.000349. The van der Waals surface area contributed by atoms with Gasteiger partial charge in [0.15, 0.2) is 8.32 Å². The fourth-order valence-corrected chi connectivity index (χ4v) is 7.10.